The van der Waals surface area contributed by atoms with Gasteiger partial charge in [0.1, 0.15) is 5.82 Å². The maximum Gasteiger partial charge on any atom is 0.261 e. The summed E-state index contributed by atoms with van der Waals surface area (Å²) in [5, 5.41) is 2.93. The van der Waals surface area contributed by atoms with Gasteiger partial charge in [0.2, 0.25) is 0 Å². The molecule has 3 rings (SSSR count). The summed E-state index contributed by atoms with van der Waals surface area (Å²) in [6, 6.07) is 15.5. The molecule has 1 amide bonds. The van der Waals surface area contributed by atoms with E-state index in [0.29, 0.717) is 11.4 Å². The zero-order valence-electron chi connectivity index (χ0n) is 12.1. The van der Waals surface area contributed by atoms with Crippen molar-refractivity contribution in [2.24, 2.45) is 0 Å². The number of rotatable bonds is 4. The van der Waals surface area contributed by atoms with Gasteiger partial charge in [0, 0.05) is 12.7 Å². The third-order valence-electron chi connectivity index (χ3n) is 3.15. The van der Waals surface area contributed by atoms with Gasteiger partial charge in [0.05, 0.1) is 15.4 Å². The Kier molecular flexibility index (Phi) is 4.25. The molecule has 0 unspecified atom stereocenters. The maximum atomic E-state index is 12.2. The lowest BCUT2D eigenvalue weighted by Crippen LogP contribution is -2.21. The Morgan fingerprint density at radius 3 is 2.73 bits per heavy atom. The molecule has 1 aromatic carbocycles. The summed E-state index contributed by atoms with van der Waals surface area (Å²) < 4.78 is 0. The molecule has 1 N–H and O–H groups in total. The smallest absolute Gasteiger partial charge is 0.261 e. The van der Waals surface area contributed by atoms with Crippen molar-refractivity contribution in [3.63, 3.8) is 0 Å². The third kappa shape index (κ3) is 3.38. The molecule has 22 heavy (non-hydrogen) atoms. The molecule has 0 spiro atoms. The third-order valence-corrected chi connectivity index (χ3v) is 4.26. The Bertz CT molecular complexity index is 783. The summed E-state index contributed by atoms with van der Waals surface area (Å²) in [4.78, 5) is 22.3. The number of nitrogens with one attached hydrogen (secondary N) is 1. The minimum Gasteiger partial charge on any atom is -0.347 e. The molecule has 110 valence electrons. The number of hydrogen-bond donors (Lipinski definition) is 1. The van der Waals surface area contributed by atoms with E-state index in [1.165, 1.54) is 11.3 Å². The van der Waals surface area contributed by atoms with Crippen molar-refractivity contribution in [2.45, 2.75) is 13.5 Å². The summed E-state index contributed by atoms with van der Waals surface area (Å²) in [6.45, 7) is 2.38. The number of benzene rings is 1. The first-order valence-corrected chi connectivity index (χ1v) is 7.76. The zero-order chi connectivity index (χ0) is 15.4. The first-order chi connectivity index (χ1) is 10.7. The zero-order valence-corrected chi connectivity index (χ0v) is 12.9. The number of amides is 1. The summed E-state index contributed by atoms with van der Waals surface area (Å²) in [5.41, 5.74) is 1.93. The van der Waals surface area contributed by atoms with Gasteiger partial charge < -0.3 is 5.32 Å². The van der Waals surface area contributed by atoms with Gasteiger partial charge in [0.15, 0.2) is 0 Å². The van der Waals surface area contributed by atoms with Crippen LogP contribution in [0.3, 0.4) is 0 Å². The number of aromatic nitrogens is 2. The van der Waals surface area contributed by atoms with E-state index in [1.54, 1.807) is 6.20 Å². The molecule has 2 aromatic heterocycles. The van der Waals surface area contributed by atoms with Crippen LogP contribution in [0.25, 0.3) is 10.6 Å². The van der Waals surface area contributed by atoms with Crippen LogP contribution in [0.5, 0.6) is 0 Å². The Morgan fingerprint density at radius 2 is 1.95 bits per heavy atom. The molecule has 0 fully saturated rings. The van der Waals surface area contributed by atoms with Crippen LogP contribution >= 0.6 is 11.3 Å². The van der Waals surface area contributed by atoms with E-state index in [9.17, 15) is 4.79 Å². The topological polar surface area (TPSA) is 54.9 Å². The predicted molar refractivity (Wildman–Crippen MR) is 87.7 cm³/mol. The summed E-state index contributed by atoms with van der Waals surface area (Å²) in [5.74, 6) is 0.659. The first-order valence-electron chi connectivity index (χ1n) is 6.94. The van der Waals surface area contributed by atoms with Gasteiger partial charge in [-0.15, -0.1) is 11.3 Å². The maximum absolute atomic E-state index is 12.2. The lowest BCUT2D eigenvalue weighted by Gasteiger charge is -2.03. The predicted octanol–water partition coefficient (Wildman–Crippen LogP) is 3.44. The molecule has 0 saturated heterocycles. The molecule has 0 bridgehead atoms. The van der Waals surface area contributed by atoms with Crippen LogP contribution in [0.15, 0.2) is 54.7 Å². The highest BCUT2D eigenvalue weighted by atomic mass is 32.1. The van der Waals surface area contributed by atoms with Gasteiger partial charge >= 0.3 is 0 Å². The molecule has 0 aliphatic carbocycles. The van der Waals surface area contributed by atoms with Crippen molar-refractivity contribution < 1.29 is 4.79 Å². The number of carbonyl (C=O) groups is 1. The Morgan fingerprint density at radius 1 is 1.14 bits per heavy atom. The summed E-state index contributed by atoms with van der Waals surface area (Å²) in [6.07, 6.45) is 1.73. The molecular formula is C17H15N3OS. The molecule has 0 aliphatic heterocycles. The highest BCUT2D eigenvalue weighted by Gasteiger charge is 2.11. The summed E-state index contributed by atoms with van der Waals surface area (Å²) in [7, 11) is 0. The Labute approximate surface area is 132 Å². The number of carbonyl (C=O) groups excluding carboxylic acids is 1. The monoisotopic (exact) mass is 309 g/mol. The van der Waals surface area contributed by atoms with Crippen molar-refractivity contribution in [2.75, 3.05) is 0 Å². The van der Waals surface area contributed by atoms with Crippen molar-refractivity contribution >= 4 is 17.2 Å². The van der Waals surface area contributed by atoms with Crippen LogP contribution in [0.1, 0.15) is 21.1 Å². The highest BCUT2D eigenvalue weighted by molar-refractivity contribution is 7.17. The number of hydrogen-bond acceptors (Lipinski definition) is 4. The van der Waals surface area contributed by atoms with E-state index < -0.39 is 0 Å². The molecule has 4 nitrogen and oxygen atoms in total. The van der Waals surface area contributed by atoms with Gasteiger partial charge in [0.25, 0.3) is 5.91 Å². The second-order valence-electron chi connectivity index (χ2n) is 4.82. The van der Waals surface area contributed by atoms with E-state index in [0.717, 1.165) is 22.0 Å². The molecule has 5 heteroatoms. The fourth-order valence-electron chi connectivity index (χ4n) is 2.06. The second-order valence-corrected chi connectivity index (χ2v) is 5.91. The van der Waals surface area contributed by atoms with Crippen LogP contribution in [0.2, 0.25) is 0 Å². The average Bonchev–Trinajstić information content (AvgIpc) is 3.04. The Balaban J connectivity index is 1.69. The van der Waals surface area contributed by atoms with Gasteiger partial charge in [-0.1, -0.05) is 30.3 Å². The normalized spacial score (nSPS) is 10.4. The fraction of sp³-hybridized carbons (Fsp3) is 0.118. The van der Waals surface area contributed by atoms with Gasteiger partial charge in [-0.2, -0.15) is 0 Å². The highest BCUT2D eigenvalue weighted by Crippen LogP contribution is 2.26. The lowest BCUT2D eigenvalue weighted by molar-refractivity contribution is 0.0955. The number of thiophene rings is 1. The first kappa shape index (κ1) is 14.4. The molecule has 3 aromatic rings. The van der Waals surface area contributed by atoms with Gasteiger partial charge in [-0.3, -0.25) is 4.79 Å². The summed E-state index contributed by atoms with van der Waals surface area (Å²) >= 11 is 1.44. The Hall–Kier alpha value is -2.53. The standard InChI is InChI=1S/C17H15N3OS/c1-12-18-10-9-14(20-12)15-7-8-16(22-15)17(21)19-11-13-5-3-2-4-6-13/h2-10H,11H2,1H3,(H,19,21). The van der Waals surface area contributed by atoms with Crippen molar-refractivity contribution in [1.29, 1.82) is 0 Å². The minimum absolute atomic E-state index is 0.0640. The molecular weight excluding hydrogens is 294 g/mol. The SMILES string of the molecule is Cc1nccc(-c2ccc(C(=O)NCc3ccccc3)s2)n1. The molecule has 0 radical (unpaired) electrons. The van der Waals surface area contributed by atoms with Crippen LogP contribution in [-0.2, 0) is 6.54 Å². The quantitative estimate of drug-likeness (QED) is 0.803. The molecule has 0 saturated carbocycles. The average molecular weight is 309 g/mol. The van der Waals surface area contributed by atoms with Crippen molar-refractivity contribution in [1.82, 2.24) is 15.3 Å². The van der Waals surface area contributed by atoms with Crippen LogP contribution < -0.4 is 5.32 Å². The minimum atomic E-state index is -0.0640. The van der Waals surface area contributed by atoms with E-state index in [-0.39, 0.29) is 5.91 Å². The lowest BCUT2D eigenvalue weighted by atomic mass is 10.2. The number of nitrogens with zero attached hydrogens (tertiary/aromatic N) is 2. The fourth-order valence-corrected chi connectivity index (χ4v) is 2.95. The van der Waals surface area contributed by atoms with E-state index >= 15 is 0 Å². The second kappa shape index (κ2) is 6.49. The van der Waals surface area contributed by atoms with E-state index in [4.69, 9.17) is 0 Å². The van der Waals surface area contributed by atoms with Crippen LogP contribution in [0.4, 0.5) is 0 Å². The van der Waals surface area contributed by atoms with Crippen LogP contribution in [0, 0.1) is 6.92 Å². The number of aryl methyl sites for hydroxylation is 1. The van der Waals surface area contributed by atoms with Crippen molar-refractivity contribution in [3.8, 4) is 10.6 Å². The van der Waals surface area contributed by atoms with Gasteiger partial charge in [-0.05, 0) is 30.7 Å². The van der Waals surface area contributed by atoms with Crippen LogP contribution in [-0.4, -0.2) is 15.9 Å². The molecule has 0 aliphatic rings. The largest absolute Gasteiger partial charge is 0.347 e. The molecule has 2 heterocycles. The van der Waals surface area contributed by atoms with Gasteiger partial charge in [-0.25, -0.2) is 9.97 Å². The molecule has 0 atom stereocenters. The van der Waals surface area contributed by atoms with E-state index in [1.807, 2.05) is 55.5 Å². The van der Waals surface area contributed by atoms with Crippen molar-refractivity contribution in [3.05, 3.63) is 71.0 Å². The van der Waals surface area contributed by atoms with E-state index in [2.05, 4.69) is 15.3 Å².